The molecule has 0 aromatic heterocycles. The molecule has 21 heavy (non-hydrogen) atoms. The molecule has 1 atom stereocenters. The van der Waals surface area contributed by atoms with Gasteiger partial charge in [0.1, 0.15) is 0 Å². The number of hydrogen-bond donors (Lipinski definition) is 3. The lowest BCUT2D eigenvalue weighted by Gasteiger charge is -2.21. The zero-order valence-corrected chi connectivity index (χ0v) is 14.2. The van der Waals surface area contributed by atoms with Gasteiger partial charge in [0, 0.05) is 19.5 Å². The average molecular weight is 300 g/mol. The van der Waals surface area contributed by atoms with Crippen LogP contribution < -0.4 is 10.6 Å². The number of aliphatic carboxylic acids is 1. The lowest BCUT2D eigenvalue weighted by atomic mass is 9.88. The summed E-state index contributed by atoms with van der Waals surface area (Å²) in [6.07, 6.45) is 2.62. The van der Waals surface area contributed by atoms with Gasteiger partial charge in [-0.2, -0.15) is 0 Å². The lowest BCUT2D eigenvalue weighted by Crippen LogP contribution is -2.38. The van der Waals surface area contributed by atoms with Gasteiger partial charge in [-0.1, -0.05) is 34.6 Å². The highest BCUT2D eigenvalue weighted by atomic mass is 16.4. The van der Waals surface area contributed by atoms with E-state index in [1.54, 1.807) is 0 Å². The molecule has 0 aromatic rings. The van der Waals surface area contributed by atoms with Crippen molar-refractivity contribution in [2.75, 3.05) is 13.1 Å². The summed E-state index contributed by atoms with van der Waals surface area (Å²) in [5.41, 5.74) is 0.215. The molecule has 0 aliphatic heterocycles. The molecule has 0 aliphatic carbocycles. The largest absolute Gasteiger partial charge is 0.481 e. The van der Waals surface area contributed by atoms with E-state index in [1.807, 2.05) is 0 Å². The topological polar surface area (TPSA) is 78.4 Å². The molecule has 5 nitrogen and oxygen atoms in total. The minimum absolute atomic E-state index is 0.139. The third-order valence-corrected chi connectivity index (χ3v) is 3.63. The van der Waals surface area contributed by atoms with E-state index in [0.717, 1.165) is 12.8 Å². The van der Waals surface area contributed by atoms with Crippen LogP contribution in [-0.4, -0.2) is 30.2 Å². The van der Waals surface area contributed by atoms with Crippen LogP contribution in [0.2, 0.25) is 0 Å². The second-order valence-electron chi connectivity index (χ2n) is 7.22. The van der Waals surface area contributed by atoms with Crippen molar-refractivity contribution in [1.82, 2.24) is 10.6 Å². The van der Waals surface area contributed by atoms with E-state index in [0.29, 0.717) is 31.3 Å². The Morgan fingerprint density at radius 3 is 2.10 bits per heavy atom. The molecule has 124 valence electrons. The molecule has 0 radical (unpaired) electrons. The standard InChI is InChI=1S/C16H32N2O3/c1-12(2)13(6-7-14(19)20)8-10-17-15(21)18-11-9-16(3,4)5/h12-13H,6-11H2,1-5H3,(H,19,20)(H2,17,18,21). The maximum Gasteiger partial charge on any atom is 0.314 e. The number of hydrogen-bond acceptors (Lipinski definition) is 2. The van der Waals surface area contributed by atoms with E-state index >= 15 is 0 Å². The number of carboxylic acid groups (broad SMARTS) is 1. The zero-order chi connectivity index (χ0) is 16.5. The normalized spacial score (nSPS) is 13.0. The third kappa shape index (κ3) is 12.2. The molecule has 0 rings (SSSR count). The number of carbonyl (C=O) groups is 2. The fourth-order valence-corrected chi connectivity index (χ4v) is 2.10. The molecule has 0 heterocycles. The van der Waals surface area contributed by atoms with E-state index in [9.17, 15) is 9.59 Å². The zero-order valence-electron chi connectivity index (χ0n) is 14.2. The highest BCUT2D eigenvalue weighted by Crippen LogP contribution is 2.20. The smallest absolute Gasteiger partial charge is 0.314 e. The Kier molecular flexibility index (Phi) is 9.06. The summed E-state index contributed by atoms with van der Waals surface area (Å²) in [6.45, 7) is 11.9. The Morgan fingerprint density at radius 1 is 1.05 bits per heavy atom. The Hall–Kier alpha value is -1.26. The lowest BCUT2D eigenvalue weighted by molar-refractivity contribution is -0.137. The van der Waals surface area contributed by atoms with Crippen molar-refractivity contribution in [3.63, 3.8) is 0 Å². The predicted molar refractivity (Wildman–Crippen MR) is 85.3 cm³/mol. The number of nitrogens with one attached hydrogen (secondary N) is 2. The van der Waals surface area contributed by atoms with Gasteiger partial charge in [-0.25, -0.2) is 4.79 Å². The van der Waals surface area contributed by atoms with Crippen LogP contribution in [0.15, 0.2) is 0 Å². The number of carbonyl (C=O) groups excluding carboxylic acids is 1. The SMILES string of the molecule is CC(C)C(CCNC(=O)NCCC(C)(C)C)CCC(=O)O. The monoisotopic (exact) mass is 300 g/mol. The molecule has 0 saturated heterocycles. The van der Waals surface area contributed by atoms with Crippen molar-refractivity contribution in [2.24, 2.45) is 17.3 Å². The van der Waals surface area contributed by atoms with Crippen molar-refractivity contribution in [3.05, 3.63) is 0 Å². The van der Waals surface area contributed by atoms with Gasteiger partial charge in [0.15, 0.2) is 0 Å². The summed E-state index contributed by atoms with van der Waals surface area (Å²) in [5.74, 6) is -0.000362. The molecule has 0 aliphatic rings. The van der Waals surface area contributed by atoms with Gasteiger partial charge in [-0.15, -0.1) is 0 Å². The van der Waals surface area contributed by atoms with Gasteiger partial charge in [0.25, 0.3) is 0 Å². The molecule has 1 unspecified atom stereocenters. The van der Waals surface area contributed by atoms with Gasteiger partial charge >= 0.3 is 12.0 Å². The van der Waals surface area contributed by atoms with Crippen LogP contribution in [0.4, 0.5) is 4.79 Å². The van der Waals surface area contributed by atoms with Crippen molar-refractivity contribution < 1.29 is 14.7 Å². The summed E-state index contributed by atoms with van der Waals surface area (Å²) in [6, 6.07) is -0.139. The van der Waals surface area contributed by atoms with Gasteiger partial charge in [0.2, 0.25) is 0 Å². The summed E-state index contributed by atoms with van der Waals surface area (Å²) < 4.78 is 0. The summed E-state index contributed by atoms with van der Waals surface area (Å²) in [4.78, 5) is 22.3. The second kappa shape index (κ2) is 9.64. The first-order chi connectivity index (χ1) is 9.61. The first kappa shape index (κ1) is 19.7. The number of rotatable bonds is 9. The minimum Gasteiger partial charge on any atom is -0.481 e. The highest BCUT2D eigenvalue weighted by molar-refractivity contribution is 5.73. The van der Waals surface area contributed by atoms with E-state index in [2.05, 4.69) is 45.3 Å². The molecule has 5 heteroatoms. The second-order valence-corrected chi connectivity index (χ2v) is 7.22. The first-order valence-corrected chi connectivity index (χ1v) is 7.85. The average Bonchev–Trinajstić information content (AvgIpc) is 2.30. The summed E-state index contributed by atoms with van der Waals surface area (Å²) >= 11 is 0. The van der Waals surface area contributed by atoms with E-state index < -0.39 is 5.97 Å². The number of carboxylic acids is 1. The van der Waals surface area contributed by atoms with E-state index in [1.165, 1.54) is 0 Å². The minimum atomic E-state index is -0.756. The Balaban J connectivity index is 3.87. The molecule has 3 N–H and O–H groups in total. The Bertz CT molecular complexity index is 322. The maximum atomic E-state index is 11.6. The van der Waals surface area contributed by atoms with Crippen LogP contribution in [0.25, 0.3) is 0 Å². The molecule has 0 spiro atoms. The summed E-state index contributed by atoms with van der Waals surface area (Å²) in [5, 5.41) is 14.4. The van der Waals surface area contributed by atoms with Gasteiger partial charge in [-0.05, 0) is 36.5 Å². The van der Waals surface area contributed by atoms with Gasteiger partial charge in [-0.3, -0.25) is 4.79 Å². The van der Waals surface area contributed by atoms with E-state index in [-0.39, 0.29) is 17.9 Å². The van der Waals surface area contributed by atoms with E-state index in [4.69, 9.17) is 5.11 Å². The first-order valence-electron chi connectivity index (χ1n) is 7.85. The third-order valence-electron chi connectivity index (χ3n) is 3.63. The van der Waals surface area contributed by atoms with Gasteiger partial charge < -0.3 is 15.7 Å². The van der Waals surface area contributed by atoms with Crippen molar-refractivity contribution in [1.29, 1.82) is 0 Å². The van der Waals surface area contributed by atoms with Crippen LogP contribution in [0, 0.1) is 17.3 Å². The number of amides is 2. The van der Waals surface area contributed by atoms with Crippen LogP contribution >= 0.6 is 0 Å². The van der Waals surface area contributed by atoms with Crippen molar-refractivity contribution >= 4 is 12.0 Å². The van der Waals surface area contributed by atoms with Crippen LogP contribution in [0.5, 0.6) is 0 Å². The molecule has 2 amide bonds. The Labute approximate surface area is 128 Å². The van der Waals surface area contributed by atoms with Gasteiger partial charge in [0.05, 0.1) is 0 Å². The molecular formula is C16H32N2O3. The van der Waals surface area contributed by atoms with Crippen LogP contribution in [0.3, 0.4) is 0 Å². The number of urea groups is 1. The Morgan fingerprint density at radius 2 is 1.62 bits per heavy atom. The van der Waals surface area contributed by atoms with Crippen molar-refractivity contribution in [2.45, 2.75) is 60.3 Å². The van der Waals surface area contributed by atoms with Crippen molar-refractivity contribution in [3.8, 4) is 0 Å². The molecule has 0 aromatic carbocycles. The quantitative estimate of drug-likeness (QED) is 0.611. The fourth-order valence-electron chi connectivity index (χ4n) is 2.10. The van der Waals surface area contributed by atoms with Crippen LogP contribution in [-0.2, 0) is 4.79 Å². The molecule has 0 bridgehead atoms. The predicted octanol–water partition coefficient (Wildman–Crippen LogP) is 3.25. The molecule has 0 fully saturated rings. The molecular weight excluding hydrogens is 268 g/mol. The van der Waals surface area contributed by atoms with Crippen LogP contribution in [0.1, 0.15) is 60.3 Å². The summed E-state index contributed by atoms with van der Waals surface area (Å²) in [7, 11) is 0. The maximum absolute atomic E-state index is 11.6. The fraction of sp³-hybridized carbons (Fsp3) is 0.875. The highest BCUT2D eigenvalue weighted by Gasteiger charge is 2.15. The molecule has 0 saturated carbocycles.